The van der Waals surface area contributed by atoms with Crippen molar-refractivity contribution in [2.75, 3.05) is 24.9 Å². The van der Waals surface area contributed by atoms with Crippen LogP contribution in [0, 0.1) is 13.8 Å². The van der Waals surface area contributed by atoms with Crippen LogP contribution in [0.25, 0.3) is 0 Å². The van der Waals surface area contributed by atoms with Crippen molar-refractivity contribution in [1.29, 1.82) is 0 Å². The van der Waals surface area contributed by atoms with Gasteiger partial charge < -0.3 is 20.1 Å². The first-order chi connectivity index (χ1) is 13.1. The van der Waals surface area contributed by atoms with Crippen molar-refractivity contribution in [2.24, 2.45) is 0 Å². The van der Waals surface area contributed by atoms with Crippen LogP contribution in [-0.2, 0) is 6.54 Å². The van der Waals surface area contributed by atoms with Crippen LogP contribution in [0.4, 0.5) is 17.5 Å². The van der Waals surface area contributed by atoms with Crippen molar-refractivity contribution in [1.82, 2.24) is 9.97 Å². The Kier molecular flexibility index (Phi) is 5.76. The van der Waals surface area contributed by atoms with E-state index in [-0.39, 0.29) is 0 Å². The molecule has 0 radical (unpaired) electrons. The molecule has 2 N–H and O–H groups in total. The molecule has 2 aromatic carbocycles. The summed E-state index contributed by atoms with van der Waals surface area (Å²) in [6.45, 7) is 4.73. The number of rotatable bonds is 7. The first kappa shape index (κ1) is 18.5. The SMILES string of the molecule is COc1ccc(CNc2nccc(Nc3ccc(C)cc3C)n2)cc1OC. The van der Waals surface area contributed by atoms with Gasteiger partial charge in [-0.3, -0.25) is 0 Å². The van der Waals surface area contributed by atoms with E-state index in [0.717, 1.165) is 17.1 Å². The van der Waals surface area contributed by atoms with Gasteiger partial charge in [0.25, 0.3) is 0 Å². The summed E-state index contributed by atoms with van der Waals surface area (Å²) in [6, 6.07) is 13.9. The van der Waals surface area contributed by atoms with E-state index >= 15 is 0 Å². The minimum atomic E-state index is 0.555. The quantitative estimate of drug-likeness (QED) is 0.645. The Morgan fingerprint density at radius 1 is 0.926 bits per heavy atom. The van der Waals surface area contributed by atoms with Crippen molar-refractivity contribution < 1.29 is 9.47 Å². The molecule has 140 valence electrons. The van der Waals surface area contributed by atoms with E-state index in [4.69, 9.17) is 9.47 Å². The lowest BCUT2D eigenvalue weighted by atomic mass is 10.1. The van der Waals surface area contributed by atoms with Crippen LogP contribution in [0.2, 0.25) is 0 Å². The average Bonchev–Trinajstić information content (AvgIpc) is 2.68. The fourth-order valence-electron chi connectivity index (χ4n) is 2.78. The van der Waals surface area contributed by atoms with Gasteiger partial charge in [0.1, 0.15) is 5.82 Å². The van der Waals surface area contributed by atoms with E-state index in [9.17, 15) is 0 Å². The third kappa shape index (κ3) is 4.67. The van der Waals surface area contributed by atoms with E-state index in [0.29, 0.717) is 24.0 Å². The Labute approximate surface area is 159 Å². The first-order valence-corrected chi connectivity index (χ1v) is 8.71. The predicted molar refractivity (Wildman–Crippen MR) is 108 cm³/mol. The normalized spacial score (nSPS) is 10.4. The molecular weight excluding hydrogens is 340 g/mol. The molecule has 3 aromatic rings. The van der Waals surface area contributed by atoms with Crippen LogP contribution in [0.1, 0.15) is 16.7 Å². The van der Waals surface area contributed by atoms with Gasteiger partial charge in [0.15, 0.2) is 11.5 Å². The zero-order valence-corrected chi connectivity index (χ0v) is 16.0. The zero-order chi connectivity index (χ0) is 19.2. The second-order valence-electron chi connectivity index (χ2n) is 6.25. The lowest BCUT2D eigenvalue weighted by Gasteiger charge is -2.12. The number of methoxy groups -OCH3 is 2. The summed E-state index contributed by atoms with van der Waals surface area (Å²) in [4.78, 5) is 8.82. The Hall–Kier alpha value is -3.28. The van der Waals surface area contributed by atoms with Crippen LogP contribution < -0.4 is 20.1 Å². The Balaban J connectivity index is 1.69. The van der Waals surface area contributed by atoms with Gasteiger partial charge in [-0.15, -0.1) is 0 Å². The van der Waals surface area contributed by atoms with Gasteiger partial charge >= 0.3 is 0 Å². The molecule has 0 atom stereocenters. The largest absolute Gasteiger partial charge is 0.493 e. The molecule has 6 heteroatoms. The molecular formula is C21H24N4O2. The van der Waals surface area contributed by atoms with Gasteiger partial charge in [-0.1, -0.05) is 23.8 Å². The van der Waals surface area contributed by atoms with Gasteiger partial charge in [0.05, 0.1) is 14.2 Å². The highest BCUT2D eigenvalue weighted by molar-refractivity contribution is 5.61. The minimum Gasteiger partial charge on any atom is -0.493 e. The standard InChI is InChI=1S/C21H24N4O2/c1-14-5-7-17(15(2)11-14)24-20-9-10-22-21(25-20)23-13-16-6-8-18(26-3)19(12-16)27-4/h5-12H,13H2,1-4H3,(H2,22,23,24,25). The van der Waals surface area contributed by atoms with Crippen LogP contribution in [0.5, 0.6) is 11.5 Å². The molecule has 0 aliphatic rings. The summed E-state index contributed by atoms with van der Waals surface area (Å²) in [5.41, 5.74) is 4.49. The number of hydrogen-bond acceptors (Lipinski definition) is 6. The fourth-order valence-corrected chi connectivity index (χ4v) is 2.78. The lowest BCUT2D eigenvalue weighted by Crippen LogP contribution is -2.05. The lowest BCUT2D eigenvalue weighted by molar-refractivity contribution is 0.354. The summed E-state index contributed by atoms with van der Waals surface area (Å²) in [6.07, 6.45) is 1.73. The molecule has 0 aliphatic carbocycles. The highest BCUT2D eigenvalue weighted by Gasteiger charge is 2.06. The summed E-state index contributed by atoms with van der Waals surface area (Å²) < 4.78 is 10.6. The predicted octanol–water partition coefficient (Wildman–Crippen LogP) is 4.47. The second-order valence-corrected chi connectivity index (χ2v) is 6.25. The number of aromatic nitrogens is 2. The van der Waals surface area contributed by atoms with E-state index in [1.54, 1.807) is 20.4 Å². The van der Waals surface area contributed by atoms with Crippen LogP contribution >= 0.6 is 0 Å². The maximum Gasteiger partial charge on any atom is 0.224 e. The second kappa shape index (κ2) is 8.40. The van der Waals surface area contributed by atoms with E-state index in [1.807, 2.05) is 24.3 Å². The monoisotopic (exact) mass is 364 g/mol. The molecule has 1 heterocycles. The van der Waals surface area contributed by atoms with Gasteiger partial charge in [0, 0.05) is 18.4 Å². The van der Waals surface area contributed by atoms with Crippen molar-refractivity contribution in [2.45, 2.75) is 20.4 Å². The van der Waals surface area contributed by atoms with Crippen LogP contribution in [0.3, 0.4) is 0 Å². The van der Waals surface area contributed by atoms with Crippen LogP contribution in [-0.4, -0.2) is 24.2 Å². The van der Waals surface area contributed by atoms with Crippen molar-refractivity contribution in [3.05, 3.63) is 65.4 Å². The maximum atomic E-state index is 5.34. The molecule has 27 heavy (non-hydrogen) atoms. The highest BCUT2D eigenvalue weighted by Crippen LogP contribution is 2.27. The topological polar surface area (TPSA) is 68.3 Å². The van der Waals surface area contributed by atoms with Crippen molar-refractivity contribution >= 4 is 17.5 Å². The van der Waals surface area contributed by atoms with Gasteiger partial charge in [-0.05, 0) is 49.2 Å². The Morgan fingerprint density at radius 2 is 1.74 bits per heavy atom. The van der Waals surface area contributed by atoms with E-state index < -0.39 is 0 Å². The van der Waals surface area contributed by atoms with Gasteiger partial charge in [-0.2, -0.15) is 4.98 Å². The number of aryl methyl sites for hydroxylation is 2. The average molecular weight is 364 g/mol. The number of ether oxygens (including phenoxy) is 2. The number of benzene rings is 2. The molecule has 0 amide bonds. The summed E-state index contributed by atoms with van der Waals surface area (Å²) >= 11 is 0. The Bertz CT molecular complexity index is 928. The number of anilines is 3. The van der Waals surface area contributed by atoms with Gasteiger partial charge in [-0.25, -0.2) is 4.98 Å². The fraction of sp³-hybridized carbons (Fsp3) is 0.238. The van der Waals surface area contributed by atoms with Gasteiger partial charge in [0.2, 0.25) is 5.95 Å². The summed E-state index contributed by atoms with van der Waals surface area (Å²) in [5.74, 6) is 2.70. The third-order valence-electron chi connectivity index (χ3n) is 4.20. The highest BCUT2D eigenvalue weighted by atomic mass is 16.5. The van der Waals surface area contributed by atoms with E-state index in [2.05, 4.69) is 52.6 Å². The first-order valence-electron chi connectivity index (χ1n) is 8.71. The maximum absolute atomic E-state index is 5.34. The molecule has 0 fully saturated rings. The van der Waals surface area contributed by atoms with Crippen molar-refractivity contribution in [3.63, 3.8) is 0 Å². The molecule has 0 saturated carbocycles. The third-order valence-corrected chi connectivity index (χ3v) is 4.20. The molecule has 0 bridgehead atoms. The Morgan fingerprint density at radius 3 is 2.48 bits per heavy atom. The van der Waals surface area contributed by atoms with Crippen molar-refractivity contribution in [3.8, 4) is 11.5 Å². The minimum absolute atomic E-state index is 0.555. The molecule has 1 aromatic heterocycles. The summed E-state index contributed by atoms with van der Waals surface area (Å²) in [7, 11) is 3.25. The summed E-state index contributed by atoms with van der Waals surface area (Å²) in [5, 5.41) is 6.58. The van der Waals surface area contributed by atoms with E-state index in [1.165, 1.54) is 11.1 Å². The molecule has 6 nitrogen and oxygen atoms in total. The molecule has 0 spiro atoms. The smallest absolute Gasteiger partial charge is 0.224 e. The number of hydrogen-bond donors (Lipinski definition) is 2. The number of nitrogens with zero attached hydrogens (tertiary/aromatic N) is 2. The zero-order valence-electron chi connectivity index (χ0n) is 16.0. The number of nitrogens with one attached hydrogen (secondary N) is 2. The molecule has 3 rings (SSSR count). The molecule has 0 aliphatic heterocycles. The van der Waals surface area contributed by atoms with Crippen LogP contribution in [0.15, 0.2) is 48.7 Å². The molecule has 0 saturated heterocycles. The molecule has 0 unspecified atom stereocenters.